The molecule has 0 aliphatic heterocycles. The molecule has 4 nitrogen and oxygen atoms in total. The summed E-state index contributed by atoms with van der Waals surface area (Å²) in [6.07, 6.45) is 6.00. The summed E-state index contributed by atoms with van der Waals surface area (Å²) < 4.78 is 2.11. The van der Waals surface area contributed by atoms with Crippen molar-refractivity contribution in [2.45, 2.75) is 25.5 Å². The van der Waals surface area contributed by atoms with E-state index in [2.05, 4.69) is 14.5 Å². The Balaban J connectivity index is 2.25. The lowest BCUT2D eigenvalue weighted by Gasteiger charge is -2.00. The third kappa shape index (κ3) is 1.04. The molecule has 0 spiro atoms. The van der Waals surface area contributed by atoms with Crippen molar-refractivity contribution in [3.05, 3.63) is 24.2 Å². The molecule has 14 heavy (non-hydrogen) atoms. The second-order valence-electron chi connectivity index (χ2n) is 3.68. The maximum absolute atomic E-state index is 9.12. The molecule has 0 saturated heterocycles. The fraction of sp³-hybridized carbons (Fsp3) is 0.400. The number of nitrogens with zero attached hydrogens (tertiary/aromatic N) is 3. The first-order valence-electron chi connectivity index (χ1n) is 4.81. The second kappa shape index (κ2) is 2.78. The van der Waals surface area contributed by atoms with Crippen LogP contribution in [0.3, 0.4) is 0 Å². The molecule has 2 heterocycles. The first-order chi connectivity index (χ1) is 6.90. The standard InChI is InChI=1S/C10H11N3O/c14-5-7-3-4-11-10-9(7)12-6-13(10)8-1-2-8/h3-4,6,8,14H,1-2,5H2. The normalized spacial score (nSPS) is 16.4. The van der Waals surface area contributed by atoms with Gasteiger partial charge >= 0.3 is 0 Å². The second-order valence-corrected chi connectivity index (χ2v) is 3.68. The van der Waals surface area contributed by atoms with Gasteiger partial charge in [-0.25, -0.2) is 9.97 Å². The number of fused-ring (bicyclic) bond motifs is 1. The van der Waals surface area contributed by atoms with E-state index in [1.165, 1.54) is 12.8 Å². The SMILES string of the molecule is OCc1ccnc2c1ncn2C1CC1. The molecular weight excluding hydrogens is 178 g/mol. The smallest absolute Gasteiger partial charge is 0.160 e. The Kier molecular flexibility index (Phi) is 1.58. The third-order valence-corrected chi connectivity index (χ3v) is 2.65. The monoisotopic (exact) mass is 189 g/mol. The molecule has 2 aromatic heterocycles. The number of imidazole rings is 1. The molecule has 72 valence electrons. The third-order valence-electron chi connectivity index (χ3n) is 2.65. The van der Waals surface area contributed by atoms with Gasteiger partial charge in [-0.2, -0.15) is 0 Å². The van der Waals surface area contributed by atoms with Gasteiger partial charge in [-0.3, -0.25) is 0 Å². The van der Waals surface area contributed by atoms with Crippen molar-refractivity contribution in [2.24, 2.45) is 0 Å². The van der Waals surface area contributed by atoms with Gasteiger partial charge in [-0.15, -0.1) is 0 Å². The van der Waals surface area contributed by atoms with Gasteiger partial charge in [0.2, 0.25) is 0 Å². The first kappa shape index (κ1) is 7.94. The van der Waals surface area contributed by atoms with Gasteiger partial charge in [0.15, 0.2) is 5.65 Å². The fourth-order valence-corrected chi connectivity index (χ4v) is 1.73. The molecular formula is C10H11N3O. The summed E-state index contributed by atoms with van der Waals surface area (Å²) >= 11 is 0. The van der Waals surface area contributed by atoms with E-state index in [0.29, 0.717) is 6.04 Å². The lowest BCUT2D eigenvalue weighted by molar-refractivity contribution is 0.283. The molecule has 1 fully saturated rings. The quantitative estimate of drug-likeness (QED) is 0.773. The predicted octanol–water partition coefficient (Wildman–Crippen LogP) is 1.26. The van der Waals surface area contributed by atoms with Crippen molar-refractivity contribution in [3.8, 4) is 0 Å². The Morgan fingerprint density at radius 2 is 2.29 bits per heavy atom. The lowest BCUT2D eigenvalue weighted by atomic mass is 10.2. The Morgan fingerprint density at radius 3 is 3.00 bits per heavy atom. The Bertz CT molecular complexity index is 473. The summed E-state index contributed by atoms with van der Waals surface area (Å²) in [7, 11) is 0. The average Bonchev–Trinajstić information content (AvgIpc) is 2.97. The van der Waals surface area contributed by atoms with Crippen LogP contribution in [-0.2, 0) is 6.61 Å². The summed E-state index contributed by atoms with van der Waals surface area (Å²) in [6, 6.07) is 2.40. The van der Waals surface area contributed by atoms with Crippen LogP contribution in [-0.4, -0.2) is 19.6 Å². The summed E-state index contributed by atoms with van der Waals surface area (Å²) in [6.45, 7) is 0.0285. The van der Waals surface area contributed by atoms with E-state index in [9.17, 15) is 0 Å². The van der Waals surface area contributed by atoms with Gasteiger partial charge in [0.25, 0.3) is 0 Å². The highest BCUT2D eigenvalue weighted by molar-refractivity contribution is 5.74. The fourth-order valence-electron chi connectivity index (χ4n) is 1.73. The van der Waals surface area contributed by atoms with Crippen LogP contribution in [0.15, 0.2) is 18.6 Å². The van der Waals surface area contributed by atoms with Gasteiger partial charge in [0, 0.05) is 17.8 Å². The van der Waals surface area contributed by atoms with E-state index in [1.807, 2.05) is 12.4 Å². The van der Waals surface area contributed by atoms with Crippen molar-refractivity contribution in [3.63, 3.8) is 0 Å². The van der Waals surface area contributed by atoms with Gasteiger partial charge < -0.3 is 9.67 Å². The van der Waals surface area contributed by atoms with Crippen LogP contribution in [0.1, 0.15) is 24.4 Å². The maximum Gasteiger partial charge on any atom is 0.160 e. The molecule has 0 unspecified atom stereocenters. The highest BCUT2D eigenvalue weighted by atomic mass is 16.3. The van der Waals surface area contributed by atoms with Gasteiger partial charge in [0.1, 0.15) is 5.52 Å². The molecule has 0 radical (unpaired) electrons. The van der Waals surface area contributed by atoms with Crippen molar-refractivity contribution in [1.29, 1.82) is 0 Å². The molecule has 1 aliphatic carbocycles. The lowest BCUT2D eigenvalue weighted by Crippen LogP contribution is -1.94. The molecule has 0 bridgehead atoms. The zero-order valence-corrected chi connectivity index (χ0v) is 7.72. The average molecular weight is 189 g/mol. The zero-order chi connectivity index (χ0) is 9.54. The molecule has 1 saturated carbocycles. The summed E-state index contributed by atoms with van der Waals surface area (Å²) in [4.78, 5) is 8.59. The van der Waals surface area contributed by atoms with E-state index < -0.39 is 0 Å². The highest BCUT2D eigenvalue weighted by Gasteiger charge is 2.25. The molecule has 1 N–H and O–H groups in total. The molecule has 0 atom stereocenters. The Hall–Kier alpha value is -1.42. The Morgan fingerprint density at radius 1 is 1.43 bits per heavy atom. The van der Waals surface area contributed by atoms with E-state index in [1.54, 1.807) is 6.20 Å². The first-order valence-corrected chi connectivity index (χ1v) is 4.81. The number of aliphatic hydroxyl groups excluding tert-OH is 1. The predicted molar refractivity (Wildman–Crippen MR) is 51.7 cm³/mol. The van der Waals surface area contributed by atoms with Crippen molar-refractivity contribution < 1.29 is 5.11 Å². The maximum atomic E-state index is 9.12. The summed E-state index contributed by atoms with van der Waals surface area (Å²) in [5, 5.41) is 9.12. The van der Waals surface area contributed by atoms with E-state index in [-0.39, 0.29) is 6.61 Å². The number of rotatable bonds is 2. The van der Waals surface area contributed by atoms with Crippen LogP contribution in [0.2, 0.25) is 0 Å². The van der Waals surface area contributed by atoms with Gasteiger partial charge in [0.05, 0.1) is 12.9 Å². The summed E-state index contributed by atoms with van der Waals surface area (Å²) in [5.41, 5.74) is 2.59. The minimum Gasteiger partial charge on any atom is -0.392 e. The van der Waals surface area contributed by atoms with Crippen molar-refractivity contribution >= 4 is 11.2 Å². The van der Waals surface area contributed by atoms with Crippen LogP contribution in [0, 0.1) is 0 Å². The molecule has 2 aromatic rings. The Labute approximate surface area is 81.2 Å². The summed E-state index contributed by atoms with van der Waals surface area (Å²) in [5.74, 6) is 0. The van der Waals surface area contributed by atoms with E-state index in [0.717, 1.165) is 16.7 Å². The van der Waals surface area contributed by atoms with Crippen molar-refractivity contribution in [2.75, 3.05) is 0 Å². The zero-order valence-electron chi connectivity index (χ0n) is 7.72. The van der Waals surface area contributed by atoms with E-state index >= 15 is 0 Å². The number of hydrogen-bond acceptors (Lipinski definition) is 3. The largest absolute Gasteiger partial charge is 0.392 e. The number of aliphatic hydroxyl groups is 1. The van der Waals surface area contributed by atoms with Crippen LogP contribution < -0.4 is 0 Å². The van der Waals surface area contributed by atoms with Crippen LogP contribution in [0.5, 0.6) is 0 Å². The molecule has 0 amide bonds. The van der Waals surface area contributed by atoms with E-state index in [4.69, 9.17) is 5.11 Å². The minimum absolute atomic E-state index is 0.0285. The number of pyridine rings is 1. The van der Waals surface area contributed by atoms with Gasteiger partial charge in [-0.1, -0.05) is 0 Å². The molecule has 3 rings (SSSR count). The topological polar surface area (TPSA) is 50.9 Å². The number of aromatic nitrogens is 3. The molecule has 4 heteroatoms. The van der Waals surface area contributed by atoms with Crippen LogP contribution in [0.25, 0.3) is 11.2 Å². The van der Waals surface area contributed by atoms with Crippen LogP contribution >= 0.6 is 0 Å². The minimum atomic E-state index is 0.0285. The van der Waals surface area contributed by atoms with Gasteiger partial charge in [-0.05, 0) is 18.9 Å². The number of hydrogen-bond donors (Lipinski definition) is 1. The van der Waals surface area contributed by atoms with Crippen LogP contribution in [0.4, 0.5) is 0 Å². The van der Waals surface area contributed by atoms with Crippen molar-refractivity contribution in [1.82, 2.24) is 14.5 Å². The molecule has 1 aliphatic rings. The molecule has 0 aromatic carbocycles. The highest BCUT2D eigenvalue weighted by Crippen LogP contribution is 2.36.